The first-order valence-corrected chi connectivity index (χ1v) is 14.5. The van der Waals surface area contributed by atoms with E-state index in [1.165, 1.54) is 5.56 Å². The fourth-order valence-electron chi connectivity index (χ4n) is 5.39. The van der Waals surface area contributed by atoms with Crippen LogP contribution in [0.25, 0.3) is 0 Å². The van der Waals surface area contributed by atoms with Gasteiger partial charge in [-0.25, -0.2) is 0 Å². The number of hydroxylamine groups is 2. The average Bonchev–Trinajstić information content (AvgIpc) is 3.01. The fraction of sp³-hybridized carbons (Fsp3) is 0.581. The van der Waals surface area contributed by atoms with E-state index in [-0.39, 0.29) is 11.9 Å². The number of ether oxygens (including phenoxy) is 4. The molecule has 10 nitrogen and oxygen atoms in total. The summed E-state index contributed by atoms with van der Waals surface area (Å²) in [5.41, 5.74) is 4.55. The Balaban J connectivity index is 1.37. The highest BCUT2D eigenvalue weighted by Gasteiger charge is 2.31. The molecule has 4 rings (SSSR count). The van der Waals surface area contributed by atoms with Crippen molar-refractivity contribution in [2.24, 2.45) is 0 Å². The number of rotatable bonds is 16. The largest absolute Gasteiger partial charge is 0.490 e. The first-order chi connectivity index (χ1) is 20.1. The summed E-state index contributed by atoms with van der Waals surface area (Å²) in [7, 11) is 3.39. The molecule has 10 heteroatoms. The Kier molecular flexibility index (Phi) is 12.7. The molecule has 1 fully saturated rings. The summed E-state index contributed by atoms with van der Waals surface area (Å²) in [4.78, 5) is 20.6. The fourth-order valence-corrected chi connectivity index (χ4v) is 5.39. The number of piperidine rings is 1. The molecule has 0 aliphatic carbocycles. The summed E-state index contributed by atoms with van der Waals surface area (Å²) >= 11 is 0. The van der Waals surface area contributed by atoms with Crippen LogP contribution in [0.1, 0.15) is 41.9 Å². The molecule has 2 N–H and O–H groups in total. The monoisotopic (exact) mass is 571 g/mol. The number of anilines is 1. The van der Waals surface area contributed by atoms with Crippen molar-refractivity contribution >= 4 is 11.6 Å². The second-order valence-corrected chi connectivity index (χ2v) is 10.5. The van der Waals surface area contributed by atoms with Crippen LogP contribution in [0.15, 0.2) is 42.5 Å². The van der Waals surface area contributed by atoms with Gasteiger partial charge in [0.15, 0.2) is 0 Å². The van der Waals surface area contributed by atoms with Crippen LogP contribution in [0.2, 0.25) is 0 Å². The molecular weight excluding hydrogens is 526 g/mol. The van der Waals surface area contributed by atoms with E-state index in [0.717, 1.165) is 68.1 Å². The van der Waals surface area contributed by atoms with Crippen LogP contribution in [0.4, 0.5) is 5.69 Å². The molecule has 41 heavy (non-hydrogen) atoms. The van der Waals surface area contributed by atoms with Crippen LogP contribution in [-0.4, -0.2) is 95.6 Å². The number of carbonyl (C=O) groups excluding carboxylic acids is 1. The first kappa shape index (κ1) is 31.2. The summed E-state index contributed by atoms with van der Waals surface area (Å²) in [6.45, 7) is 5.94. The zero-order chi connectivity index (χ0) is 28.9. The van der Waals surface area contributed by atoms with E-state index in [4.69, 9.17) is 23.8 Å². The van der Waals surface area contributed by atoms with Crippen molar-refractivity contribution in [1.29, 1.82) is 0 Å². The predicted octanol–water partition coefficient (Wildman–Crippen LogP) is 2.87. The maximum atomic E-state index is 11.9. The summed E-state index contributed by atoms with van der Waals surface area (Å²) in [6.07, 6.45) is 2.73. The van der Waals surface area contributed by atoms with Gasteiger partial charge in [0, 0.05) is 40.5 Å². The normalized spacial score (nSPS) is 19.0. The molecule has 2 heterocycles. The van der Waals surface area contributed by atoms with Crippen LogP contribution in [0, 0.1) is 0 Å². The van der Waals surface area contributed by atoms with Gasteiger partial charge < -0.3 is 34.3 Å². The van der Waals surface area contributed by atoms with Gasteiger partial charge in [-0.2, -0.15) is 5.06 Å². The second kappa shape index (κ2) is 16.6. The summed E-state index contributed by atoms with van der Waals surface area (Å²) in [6, 6.07) is 14.8. The molecule has 2 aromatic rings. The number of nitrogens with zero attached hydrogens (tertiary/aromatic N) is 2. The Hall–Kier alpha value is -2.73. The van der Waals surface area contributed by atoms with Crippen LogP contribution in [-0.2, 0) is 37.1 Å². The quantitative estimate of drug-likeness (QED) is 0.295. The lowest BCUT2D eigenvalue weighted by Gasteiger charge is -2.39. The molecule has 0 saturated carbocycles. The van der Waals surface area contributed by atoms with Gasteiger partial charge in [0.1, 0.15) is 19.0 Å². The van der Waals surface area contributed by atoms with Gasteiger partial charge in [0.25, 0.3) is 0 Å². The van der Waals surface area contributed by atoms with Crippen molar-refractivity contribution in [2.75, 3.05) is 78.3 Å². The molecule has 1 saturated heterocycles. The molecule has 0 bridgehead atoms. The second-order valence-electron chi connectivity index (χ2n) is 10.5. The van der Waals surface area contributed by atoms with Gasteiger partial charge in [0.05, 0.1) is 44.7 Å². The number of amides is 1. The van der Waals surface area contributed by atoms with E-state index in [0.29, 0.717) is 45.5 Å². The zero-order valence-corrected chi connectivity index (χ0v) is 24.4. The molecular formula is C31H45N3O7. The lowest BCUT2D eigenvalue weighted by atomic mass is 9.86. The van der Waals surface area contributed by atoms with Crippen LogP contribution in [0.5, 0.6) is 5.75 Å². The Morgan fingerprint density at radius 3 is 2.61 bits per heavy atom. The van der Waals surface area contributed by atoms with Gasteiger partial charge in [0.2, 0.25) is 5.91 Å². The van der Waals surface area contributed by atoms with Crippen molar-refractivity contribution in [3.63, 3.8) is 0 Å². The van der Waals surface area contributed by atoms with E-state index >= 15 is 0 Å². The Morgan fingerprint density at radius 1 is 1.02 bits per heavy atom. The zero-order valence-electron chi connectivity index (χ0n) is 24.4. The van der Waals surface area contributed by atoms with Crippen molar-refractivity contribution in [3.05, 3.63) is 59.2 Å². The molecule has 2 aliphatic rings. The highest BCUT2D eigenvalue weighted by molar-refractivity contribution is 5.76. The third-order valence-corrected chi connectivity index (χ3v) is 7.65. The first-order valence-electron chi connectivity index (χ1n) is 14.5. The minimum atomic E-state index is -0.525. The number of aliphatic hydroxyl groups is 1. The van der Waals surface area contributed by atoms with E-state index in [9.17, 15) is 9.90 Å². The minimum Gasteiger partial charge on any atom is -0.490 e. The number of methoxy groups -OCH3 is 2. The lowest BCUT2D eigenvalue weighted by molar-refractivity contribution is -0.208. The molecule has 0 unspecified atom stereocenters. The minimum absolute atomic E-state index is 0.0205. The molecule has 2 atom stereocenters. The molecule has 0 spiro atoms. The molecule has 2 aliphatic heterocycles. The van der Waals surface area contributed by atoms with E-state index in [1.807, 2.05) is 17.2 Å². The van der Waals surface area contributed by atoms with Crippen molar-refractivity contribution in [1.82, 2.24) is 10.4 Å². The van der Waals surface area contributed by atoms with Gasteiger partial charge in [-0.15, -0.1) is 0 Å². The molecule has 1 amide bonds. The lowest BCUT2D eigenvalue weighted by Crippen LogP contribution is -2.48. The van der Waals surface area contributed by atoms with Crippen molar-refractivity contribution in [2.45, 2.75) is 44.4 Å². The van der Waals surface area contributed by atoms with Crippen molar-refractivity contribution in [3.8, 4) is 5.75 Å². The number of carbonyl (C=O) groups is 1. The number of hydrogen-bond donors (Lipinski definition) is 2. The van der Waals surface area contributed by atoms with Crippen molar-refractivity contribution < 1.29 is 33.7 Å². The predicted molar refractivity (Wildman–Crippen MR) is 156 cm³/mol. The van der Waals surface area contributed by atoms with Gasteiger partial charge in [-0.05, 0) is 54.0 Å². The number of aliphatic hydroxyl groups excluding tert-OH is 1. The summed E-state index contributed by atoms with van der Waals surface area (Å²) in [5, 5.41) is 14.1. The Bertz CT molecular complexity index is 1070. The number of fused-ring (bicyclic) bond motifs is 1. The smallest absolute Gasteiger partial charge is 0.245 e. The summed E-state index contributed by atoms with van der Waals surface area (Å²) in [5.74, 6) is 0.861. The molecule has 2 aromatic carbocycles. The summed E-state index contributed by atoms with van der Waals surface area (Å²) < 4.78 is 21.8. The van der Waals surface area contributed by atoms with Gasteiger partial charge in [-0.1, -0.05) is 30.3 Å². The average molecular weight is 572 g/mol. The molecule has 226 valence electrons. The van der Waals surface area contributed by atoms with E-state index in [1.54, 1.807) is 14.2 Å². The topological polar surface area (TPSA) is 102 Å². The number of hydrogen-bond acceptors (Lipinski definition) is 9. The Morgan fingerprint density at radius 2 is 1.83 bits per heavy atom. The maximum Gasteiger partial charge on any atom is 0.245 e. The van der Waals surface area contributed by atoms with Crippen LogP contribution in [0.3, 0.4) is 0 Å². The van der Waals surface area contributed by atoms with Crippen LogP contribution < -0.4 is 15.0 Å². The van der Waals surface area contributed by atoms with E-state index < -0.39 is 6.61 Å². The van der Waals surface area contributed by atoms with Gasteiger partial charge in [-0.3, -0.25) is 9.63 Å². The highest BCUT2D eigenvalue weighted by Crippen LogP contribution is 2.34. The third kappa shape index (κ3) is 9.39. The van der Waals surface area contributed by atoms with E-state index in [2.05, 4.69) is 40.5 Å². The Labute approximate surface area is 243 Å². The number of benzene rings is 2. The van der Waals surface area contributed by atoms with Crippen LogP contribution >= 0.6 is 0 Å². The highest BCUT2D eigenvalue weighted by atomic mass is 16.7. The SMILES string of the molecule is COCCCN1CCOc2ccc(CON3CC[C@@H](c4ccc(COCCOC)cc4)C[C@@H]3CNC(=O)CO)cc21. The van der Waals surface area contributed by atoms with Gasteiger partial charge >= 0.3 is 0 Å². The third-order valence-electron chi connectivity index (χ3n) is 7.65. The number of nitrogens with one attached hydrogen (secondary N) is 1. The molecule has 0 aromatic heterocycles. The maximum absolute atomic E-state index is 11.9. The standard InChI is InChI=1S/C31H45N3O7/c1-37-14-3-11-33-13-15-40-30-9-6-25(18-29(30)33)23-41-34-12-10-27(19-28(34)20-32-31(36)21-35)26-7-4-24(5-8-26)22-39-17-16-38-2/h4-9,18,27-28,35H,3,10-17,19-23H2,1-2H3,(H,32,36)/t27-,28-/m1/s1. The molecule has 0 radical (unpaired) electrons.